The number of pyridine rings is 1. The lowest BCUT2D eigenvalue weighted by Gasteiger charge is -2.25. The second-order valence-electron chi connectivity index (χ2n) is 7.12. The highest BCUT2D eigenvalue weighted by Gasteiger charge is 2.32. The minimum Gasteiger partial charge on any atom is -0.444 e. The molecule has 2 rings (SSSR count). The van der Waals surface area contributed by atoms with E-state index in [0.29, 0.717) is 12.5 Å². The lowest BCUT2D eigenvalue weighted by molar-refractivity contribution is 0.0520. The van der Waals surface area contributed by atoms with Crippen LogP contribution in [-0.4, -0.2) is 29.3 Å². The Morgan fingerprint density at radius 1 is 1.43 bits per heavy atom. The highest BCUT2D eigenvalue weighted by molar-refractivity contribution is 5.67. The van der Waals surface area contributed by atoms with Gasteiger partial charge < -0.3 is 15.4 Å². The van der Waals surface area contributed by atoms with Gasteiger partial charge in [0.1, 0.15) is 11.4 Å². The fraction of sp³-hybridized carbons (Fsp3) is 0.647. The minimum absolute atomic E-state index is 0.0124. The first kappa shape index (κ1) is 17.7. The van der Waals surface area contributed by atoms with Crippen LogP contribution in [0.2, 0.25) is 0 Å². The Balaban J connectivity index is 1.86. The molecule has 0 aromatic carbocycles. The molecule has 1 aliphatic carbocycles. The van der Waals surface area contributed by atoms with E-state index >= 15 is 0 Å². The van der Waals surface area contributed by atoms with Crippen molar-refractivity contribution < 1.29 is 13.9 Å². The second-order valence-corrected chi connectivity index (χ2v) is 7.12. The highest BCUT2D eigenvalue weighted by Crippen LogP contribution is 2.33. The predicted molar refractivity (Wildman–Crippen MR) is 86.5 cm³/mol. The van der Waals surface area contributed by atoms with E-state index < -0.39 is 11.7 Å². The Labute approximate surface area is 137 Å². The van der Waals surface area contributed by atoms with Gasteiger partial charge >= 0.3 is 6.09 Å². The first-order valence-electron chi connectivity index (χ1n) is 8.09. The average molecular weight is 323 g/mol. The van der Waals surface area contributed by atoms with Crippen LogP contribution in [0.1, 0.15) is 52.3 Å². The Hall–Kier alpha value is -1.69. The van der Waals surface area contributed by atoms with E-state index in [1.54, 1.807) is 6.07 Å². The molecule has 0 aliphatic heterocycles. The van der Waals surface area contributed by atoms with Gasteiger partial charge in [0, 0.05) is 18.6 Å². The molecule has 1 amide bonds. The second kappa shape index (κ2) is 7.25. The van der Waals surface area contributed by atoms with Gasteiger partial charge in [0.15, 0.2) is 0 Å². The van der Waals surface area contributed by atoms with Crippen LogP contribution in [0.15, 0.2) is 18.3 Å². The SMILES string of the molecule is CC(NC(CNC(=O)OC(C)(C)C)C1CC1)c1ccc(F)cn1. The van der Waals surface area contributed by atoms with Gasteiger partial charge in [0.2, 0.25) is 0 Å². The molecule has 1 saturated carbocycles. The molecule has 0 radical (unpaired) electrons. The number of halogens is 1. The number of aromatic nitrogens is 1. The largest absolute Gasteiger partial charge is 0.444 e. The standard InChI is InChI=1S/C17H26FN3O2/c1-11(14-8-7-13(18)9-19-14)21-15(12-5-6-12)10-20-16(22)23-17(2,3)4/h7-9,11-12,15,21H,5-6,10H2,1-4H3,(H,20,22). The Morgan fingerprint density at radius 2 is 2.13 bits per heavy atom. The number of nitrogens with one attached hydrogen (secondary N) is 2. The molecule has 1 fully saturated rings. The van der Waals surface area contributed by atoms with Crippen LogP contribution in [0.3, 0.4) is 0 Å². The van der Waals surface area contributed by atoms with E-state index in [9.17, 15) is 9.18 Å². The van der Waals surface area contributed by atoms with Crippen LogP contribution in [0.4, 0.5) is 9.18 Å². The summed E-state index contributed by atoms with van der Waals surface area (Å²) in [6.07, 6.45) is 3.12. The van der Waals surface area contributed by atoms with Crippen LogP contribution >= 0.6 is 0 Å². The minimum atomic E-state index is -0.502. The molecule has 2 unspecified atom stereocenters. The summed E-state index contributed by atoms with van der Waals surface area (Å²) in [5.41, 5.74) is 0.284. The van der Waals surface area contributed by atoms with E-state index in [4.69, 9.17) is 4.74 Å². The Bertz CT molecular complexity index is 524. The summed E-state index contributed by atoms with van der Waals surface area (Å²) >= 11 is 0. The van der Waals surface area contributed by atoms with E-state index in [1.807, 2.05) is 27.7 Å². The fourth-order valence-electron chi connectivity index (χ4n) is 2.42. The van der Waals surface area contributed by atoms with Crippen LogP contribution in [-0.2, 0) is 4.74 Å². The fourth-order valence-corrected chi connectivity index (χ4v) is 2.42. The van der Waals surface area contributed by atoms with Gasteiger partial charge in [-0.05, 0) is 58.6 Å². The summed E-state index contributed by atoms with van der Waals surface area (Å²) < 4.78 is 18.2. The molecule has 1 aromatic heterocycles. The van der Waals surface area contributed by atoms with Crippen molar-refractivity contribution in [2.45, 2.75) is 58.2 Å². The number of carbonyl (C=O) groups is 1. The monoisotopic (exact) mass is 323 g/mol. The van der Waals surface area contributed by atoms with Gasteiger partial charge in [-0.25, -0.2) is 9.18 Å². The van der Waals surface area contributed by atoms with Gasteiger partial charge in [-0.3, -0.25) is 4.98 Å². The molecule has 128 valence electrons. The molecule has 0 bridgehead atoms. The normalized spacial score (nSPS) is 17.4. The number of rotatable bonds is 6. The van der Waals surface area contributed by atoms with Crippen molar-refractivity contribution in [1.82, 2.24) is 15.6 Å². The number of hydrogen-bond acceptors (Lipinski definition) is 4. The van der Waals surface area contributed by atoms with Crippen LogP contribution in [0.25, 0.3) is 0 Å². The maximum absolute atomic E-state index is 13.0. The van der Waals surface area contributed by atoms with Crippen molar-refractivity contribution in [3.63, 3.8) is 0 Å². The van der Waals surface area contributed by atoms with E-state index in [1.165, 1.54) is 12.3 Å². The summed E-state index contributed by atoms with van der Waals surface area (Å²) in [6.45, 7) is 8.01. The maximum atomic E-state index is 13.0. The molecule has 23 heavy (non-hydrogen) atoms. The summed E-state index contributed by atoms with van der Waals surface area (Å²) in [5, 5.41) is 6.30. The zero-order chi connectivity index (χ0) is 17.0. The number of nitrogens with zero attached hydrogens (tertiary/aromatic N) is 1. The Morgan fingerprint density at radius 3 is 2.65 bits per heavy atom. The van der Waals surface area contributed by atoms with Gasteiger partial charge in [0.05, 0.1) is 11.9 Å². The molecule has 1 aromatic rings. The molecule has 2 N–H and O–H groups in total. The third-order valence-corrected chi connectivity index (χ3v) is 3.71. The molecule has 6 heteroatoms. The van der Waals surface area contributed by atoms with Crippen molar-refractivity contribution in [1.29, 1.82) is 0 Å². The zero-order valence-electron chi connectivity index (χ0n) is 14.2. The summed E-state index contributed by atoms with van der Waals surface area (Å²) in [7, 11) is 0. The maximum Gasteiger partial charge on any atom is 0.407 e. The third kappa shape index (κ3) is 6.14. The van der Waals surface area contributed by atoms with Crippen LogP contribution in [0, 0.1) is 11.7 Å². The van der Waals surface area contributed by atoms with Gasteiger partial charge in [-0.15, -0.1) is 0 Å². The van der Waals surface area contributed by atoms with E-state index in [-0.39, 0.29) is 17.9 Å². The van der Waals surface area contributed by atoms with Crippen molar-refractivity contribution in [2.24, 2.45) is 5.92 Å². The third-order valence-electron chi connectivity index (χ3n) is 3.71. The lowest BCUT2D eigenvalue weighted by atomic mass is 10.1. The molecular weight excluding hydrogens is 297 g/mol. The van der Waals surface area contributed by atoms with Crippen LogP contribution in [0.5, 0.6) is 0 Å². The lowest BCUT2D eigenvalue weighted by Crippen LogP contribution is -2.44. The van der Waals surface area contributed by atoms with Gasteiger partial charge in [0.25, 0.3) is 0 Å². The number of alkyl carbamates (subject to hydrolysis) is 1. The smallest absolute Gasteiger partial charge is 0.407 e. The topological polar surface area (TPSA) is 63.2 Å². The zero-order valence-corrected chi connectivity index (χ0v) is 14.2. The number of hydrogen-bond donors (Lipinski definition) is 2. The molecule has 2 atom stereocenters. The molecule has 1 aliphatic rings. The predicted octanol–water partition coefficient (Wildman–Crippen LogP) is 3.17. The van der Waals surface area contributed by atoms with Crippen molar-refractivity contribution in [3.8, 4) is 0 Å². The molecule has 1 heterocycles. The average Bonchev–Trinajstić information content (AvgIpc) is 3.26. The summed E-state index contributed by atoms with van der Waals surface area (Å²) in [4.78, 5) is 15.9. The van der Waals surface area contributed by atoms with E-state index in [2.05, 4.69) is 15.6 Å². The molecular formula is C17H26FN3O2. The first-order chi connectivity index (χ1) is 10.7. The van der Waals surface area contributed by atoms with Crippen molar-refractivity contribution >= 4 is 6.09 Å². The molecule has 5 nitrogen and oxygen atoms in total. The first-order valence-corrected chi connectivity index (χ1v) is 8.09. The van der Waals surface area contributed by atoms with E-state index in [0.717, 1.165) is 18.5 Å². The highest BCUT2D eigenvalue weighted by atomic mass is 19.1. The van der Waals surface area contributed by atoms with Gasteiger partial charge in [-0.1, -0.05) is 0 Å². The number of carbonyl (C=O) groups excluding carboxylic acids is 1. The van der Waals surface area contributed by atoms with Crippen LogP contribution < -0.4 is 10.6 Å². The number of amides is 1. The number of ether oxygens (including phenoxy) is 1. The summed E-state index contributed by atoms with van der Waals surface area (Å²) in [6, 6.07) is 3.23. The Kier molecular flexibility index (Phi) is 5.57. The summed E-state index contributed by atoms with van der Waals surface area (Å²) in [5.74, 6) is 0.208. The van der Waals surface area contributed by atoms with Crippen molar-refractivity contribution in [2.75, 3.05) is 6.54 Å². The molecule has 0 spiro atoms. The quantitative estimate of drug-likeness (QED) is 0.844. The molecule has 0 saturated heterocycles. The van der Waals surface area contributed by atoms with Gasteiger partial charge in [-0.2, -0.15) is 0 Å². The van der Waals surface area contributed by atoms with Crippen molar-refractivity contribution in [3.05, 3.63) is 29.8 Å².